The van der Waals surface area contributed by atoms with Crippen LogP contribution < -0.4 is 10.6 Å². The monoisotopic (exact) mass is 389 g/mol. The van der Waals surface area contributed by atoms with Gasteiger partial charge in [0.25, 0.3) is 0 Å². The average molecular weight is 389 g/mol. The van der Waals surface area contributed by atoms with Gasteiger partial charge in [-0.15, -0.1) is 16.4 Å². The fourth-order valence-electron chi connectivity index (χ4n) is 2.44. The summed E-state index contributed by atoms with van der Waals surface area (Å²) < 4.78 is 15.6. The summed E-state index contributed by atoms with van der Waals surface area (Å²) in [4.78, 5) is 28.6. The topological polar surface area (TPSA) is 88.4 Å². The third-order valence-electron chi connectivity index (χ3n) is 3.63. The number of hydrogen-bond donors (Lipinski definition) is 2. The van der Waals surface area contributed by atoms with Gasteiger partial charge in [-0.1, -0.05) is 12.1 Å². The van der Waals surface area contributed by atoms with Crippen LogP contribution in [0.15, 0.2) is 29.6 Å². The third kappa shape index (κ3) is 4.48. The van der Waals surface area contributed by atoms with Crippen molar-refractivity contribution >= 4 is 28.1 Å². The summed E-state index contributed by atoms with van der Waals surface area (Å²) in [7, 11) is 0. The zero-order valence-corrected chi connectivity index (χ0v) is 16.1. The number of fused-ring (bicyclic) bond motifs is 1. The van der Waals surface area contributed by atoms with Gasteiger partial charge in [-0.05, 0) is 32.9 Å². The molecule has 3 aromatic rings. The van der Waals surface area contributed by atoms with E-state index in [1.54, 1.807) is 43.5 Å². The lowest BCUT2D eigenvalue weighted by atomic mass is 10.1. The molecule has 2 aromatic heterocycles. The standard InChI is InChI=1S/C18H20FN5O2S/c1-18(2,3)22-16(26)15(25)20-9-8-11-10-27-17-21-14(23-24(11)17)12-6-4-5-7-13(12)19/h4-7,10H,8-9H2,1-3H3,(H,20,25)(H,22,26). The molecule has 9 heteroatoms. The summed E-state index contributed by atoms with van der Waals surface area (Å²) in [5.74, 6) is -1.41. The molecular formula is C18H20FN5O2S. The first-order chi connectivity index (χ1) is 12.7. The fourth-order valence-corrected chi connectivity index (χ4v) is 3.29. The molecule has 0 aliphatic rings. The fraction of sp³-hybridized carbons (Fsp3) is 0.333. The van der Waals surface area contributed by atoms with E-state index in [4.69, 9.17) is 0 Å². The minimum atomic E-state index is -0.679. The summed E-state index contributed by atoms with van der Waals surface area (Å²) in [5, 5.41) is 11.4. The van der Waals surface area contributed by atoms with Crippen LogP contribution in [0.25, 0.3) is 16.3 Å². The lowest BCUT2D eigenvalue weighted by Crippen LogP contribution is -2.48. The number of hydrogen-bond acceptors (Lipinski definition) is 5. The first-order valence-corrected chi connectivity index (χ1v) is 9.31. The number of aromatic nitrogens is 3. The average Bonchev–Trinajstić information content (AvgIpc) is 3.15. The molecule has 0 atom stereocenters. The van der Waals surface area contributed by atoms with Crippen LogP contribution in [0.1, 0.15) is 26.5 Å². The first kappa shape index (κ1) is 19.0. The molecule has 0 spiro atoms. The van der Waals surface area contributed by atoms with E-state index in [-0.39, 0.29) is 12.4 Å². The highest BCUT2D eigenvalue weighted by atomic mass is 32.1. The second kappa shape index (κ2) is 7.43. The van der Waals surface area contributed by atoms with Gasteiger partial charge >= 0.3 is 11.8 Å². The third-order valence-corrected chi connectivity index (χ3v) is 4.49. The van der Waals surface area contributed by atoms with Crippen LogP contribution >= 0.6 is 11.3 Å². The molecule has 7 nitrogen and oxygen atoms in total. The Morgan fingerprint density at radius 2 is 1.96 bits per heavy atom. The number of benzene rings is 1. The van der Waals surface area contributed by atoms with Gasteiger partial charge in [-0.25, -0.2) is 8.91 Å². The van der Waals surface area contributed by atoms with Gasteiger partial charge in [0.1, 0.15) is 5.82 Å². The maximum Gasteiger partial charge on any atom is 0.309 e. The molecule has 2 N–H and O–H groups in total. The van der Waals surface area contributed by atoms with E-state index in [0.29, 0.717) is 22.8 Å². The van der Waals surface area contributed by atoms with Crippen LogP contribution in [-0.2, 0) is 16.0 Å². The molecule has 1 aromatic carbocycles. The maximum absolute atomic E-state index is 13.9. The first-order valence-electron chi connectivity index (χ1n) is 8.43. The Morgan fingerprint density at radius 1 is 1.22 bits per heavy atom. The highest BCUT2D eigenvalue weighted by Gasteiger charge is 2.20. The van der Waals surface area contributed by atoms with Crippen LogP contribution in [0, 0.1) is 5.82 Å². The van der Waals surface area contributed by atoms with E-state index in [1.165, 1.54) is 17.4 Å². The van der Waals surface area contributed by atoms with Crippen molar-refractivity contribution < 1.29 is 14.0 Å². The summed E-state index contributed by atoms with van der Waals surface area (Å²) in [6.45, 7) is 5.69. The van der Waals surface area contributed by atoms with E-state index in [0.717, 1.165) is 5.69 Å². The summed E-state index contributed by atoms with van der Waals surface area (Å²) in [6.07, 6.45) is 0.467. The van der Waals surface area contributed by atoms with Gasteiger partial charge in [0.05, 0.1) is 11.3 Å². The lowest BCUT2D eigenvalue weighted by Gasteiger charge is -2.19. The Labute approximate surface area is 159 Å². The highest BCUT2D eigenvalue weighted by molar-refractivity contribution is 7.15. The van der Waals surface area contributed by atoms with Crippen molar-refractivity contribution in [3.05, 3.63) is 41.2 Å². The molecule has 0 unspecified atom stereocenters. The lowest BCUT2D eigenvalue weighted by molar-refractivity contribution is -0.140. The van der Waals surface area contributed by atoms with E-state index in [9.17, 15) is 14.0 Å². The van der Waals surface area contributed by atoms with E-state index in [1.807, 2.05) is 5.38 Å². The van der Waals surface area contributed by atoms with Gasteiger partial charge in [0.2, 0.25) is 4.96 Å². The highest BCUT2D eigenvalue weighted by Crippen LogP contribution is 2.23. The van der Waals surface area contributed by atoms with Crippen molar-refractivity contribution in [2.75, 3.05) is 6.54 Å². The molecule has 0 fully saturated rings. The Morgan fingerprint density at radius 3 is 2.67 bits per heavy atom. The van der Waals surface area contributed by atoms with Crippen LogP contribution in [0.5, 0.6) is 0 Å². The number of thiazole rings is 1. The number of halogens is 1. The Hall–Kier alpha value is -2.81. The van der Waals surface area contributed by atoms with Gasteiger partial charge in [0.15, 0.2) is 5.82 Å². The molecule has 0 aliphatic heterocycles. The minimum absolute atomic E-state index is 0.275. The number of rotatable bonds is 4. The largest absolute Gasteiger partial charge is 0.347 e. The number of carbonyl (C=O) groups excluding carboxylic acids is 2. The van der Waals surface area contributed by atoms with Crippen LogP contribution in [-0.4, -0.2) is 38.5 Å². The Balaban J connectivity index is 1.65. The number of amides is 2. The van der Waals surface area contributed by atoms with Gasteiger partial charge in [0, 0.05) is 23.9 Å². The molecule has 3 rings (SSSR count). The predicted octanol–water partition coefficient (Wildman–Crippen LogP) is 2.17. The zero-order valence-electron chi connectivity index (χ0n) is 15.2. The maximum atomic E-state index is 13.9. The smallest absolute Gasteiger partial charge is 0.309 e. The van der Waals surface area contributed by atoms with Crippen LogP contribution in [0.4, 0.5) is 4.39 Å². The van der Waals surface area contributed by atoms with Crippen molar-refractivity contribution in [3.63, 3.8) is 0 Å². The quantitative estimate of drug-likeness (QED) is 0.670. The van der Waals surface area contributed by atoms with Crippen molar-refractivity contribution in [1.82, 2.24) is 25.2 Å². The molecule has 0 saturated carbocycles. The predicted molar refractivity (Wildman–Crippen MR) is 101 cm³/mol. The molecule has 0 saturated heterocycles. The minimum Gasteiger partial charge on any atom is -0.347 e. The van der Waals surface area contributed by atoms with Gasteiger partial charge in [-0.3, -0.25) is 9.59 Å². The molecule has 0 aliphatic carbocycles. The molecule has 2 heterocycles. The summed E-state index contributed by atoms with van der Waals surface area (Å²) in [6, 6.07) is 6.33. The number of nitrogens with zero attached hydrogens (tertiary/aromatic N) is 3. The molecule has 142 valence electrons. The molecule has 2 amide bonds. The number of nitrogens with one attached hydrogen (secondary N) is 2. The normalized spacial score (nSPS) is 11.6. The Kier molecular flexibility index (Phi) is 5.22. The van der Waals surface area contributed by atoms with Crippen molar-refractivity contribution in [1.29, 1.82) is 0 Å². The molecule has 27 heavy (non-hydrogen) atoms. The molecule has 0 bridgehead atoms. The molecule has 0 radical (unpaired) electrons. The van der Waals surface area contributed by atoms with E-state index < -0.39 is 17.4 Å². The van der Waals surface area contributed by atoms with E-state index in [2.05, 4.69) is 20.7 Å². The van der Waals surface area contributed by atoms with E-state index >= 15 is 0 Å². The second-order valence-corrected chi connectivity index (χ2v) is 7.88. The zero-order chi connectivity index (χ0) is 19.6. The SMILES string of the molecule is CC(C)(C)NC(=O)C(=O)NCCc1csc2nc(-c3ccccc3F)nn12. The summed E-state index contributed by atoms with van der Waals surface area (Å²) >= 11 is 1.38. The van der Waals surface area contributed by atoms with Gasteiger partial charge in [-0.2, -0.15) is 4.98 Å². The van der Waals surface area contributed by atoms with Crippen molar-refractivity contribution in [2.24, 2.45) is 0 Å². The second-order valence-electron chi connectivity index (χ2n) is 7.05. The van der Waals surface area contributed by atoms with Crippen LogP contribution in [0.2, 0.25) is 0 Å². The van der Waals surface area contributed by atoms with Gasteiger partial charge < -0.3 is 10.6 Å². The summed E-state index contributed by atoms with van der Waals surface area (Å²) in [5.41, 5.74) is 0.686. The van der Waals surface area contributed by atoms with Crippen molar-refractivity contribution in [2.45, 2.75) is 32.7 Å². The number of carbonyl (C=O) groups is 2. The molecular weight excluding hydrogens is 369 g/mol. The Bertz CT molecular complexity index is 989. The van der Waals surface area contributed by atoms with Crippen molar-refractivity contribution in [3.8, 4) is 11.4 Å². The van der Waals surface area contributed by atoms with Crippen LogP contribution in [0.3, 0.4) is 0 Å².